The summed E-state index contributed by atoms with van der Waals surface area (Å²) in [5.74, 6) is 0.542. The van der Waals surface area contributed by atoms with E-state index < -0.39 is 12.1 Å². The lowest BCUT2D eigenvalue weighted by Gasteiger charge is -2.13. The zero-order valence-electron chi connectivity index (χ0n) is 12.4. The van der Waals surface area contributed by atoms with Crippen molar-refractivity contribution in [2.75, 3.05) is 5.32 Å². The standard InChI is InChI=1S/C15H18N4O3/c1-10-8-13(19-22-10)18-14(20)11(2)17-15(21)16-9-12-6-4-3-5-7-12/h3-8,11H,9H2,1-2H3,(H2,16,17,21)(H,18,19,20)/t11-/m1/s1. The summed E-state index contributed by atoms with van der Waals surface area (Å²) in [6.07, 6.45) is 0. The molecular weight excluding hydrogens is 284 g/mol. The van der Waals surface area contributed by atoms with Crippen LogP contribution in [0.3, 0.4) is 0 Å². The summed E-state index contributed by atoms with van der Waals surface area (Å²) in [5, 5.41) is 11.5. The lowest BCUT2D eigenvalue weighted by molar-refractivity contribution is -0.117. The van der Waals surface area contributed by atoms with Crippen LogP contribution in [0.5, 0.6) is 0 Å². The van der Waals surface area contributed by atoms with Crippen LogP contribution >= 0.6 is 0 Å². The second-order valence-corrected chi connectivity index (χ2v) is 4.85. The van der Waals surface area contributed by atoms with E-state index >= 15 is 0 Å². The minimum absolute atomic E-state index is 0.320. The zero-order chi connectivity index (χ0) is 15.9. The molecule has 0 spiro atoms. The van der Waals surface area contributed by atoms with E-state index in [0.717, 1.165) is 5.56 Å². The minimum Gasteiger partial charge on any atom is -0.360 e. The molecule has 0 aliphatic rings. The summed E-state index contributed by atoms with van der Waals surface area (Å²) in [6.45, 7) is 3.70. The molecule has 116 valence electrons. The second-order valence-electron chi connectivity index (χ2n) is 4.85. The van der Waals surface area contributed by atoms with Crippen LogP contribution in [0.25, 0.3) is 0 Å². The van der Waals surface area contributed by atoms with Crippen molar-refractivity contribution in [3.63, 3.8) is 0 Å². The Labute approximate surface area is 128 Å². The van der Waals surface area contributed by atoms with Gasteiger partial charge in [-0.15, -0.1) is 0 Å². The molecule has 1 atom stereocenters. The average Bonchev–Trinajstić information content (AvgIpc) is 2.91. The summed E-state index contributed by atoms with van der Waals surface area (Å²) in [4.78, 5) is 23.6. The molecule has 0 saturated heterocycles. The predicted octanol–water partition coefficient (Wildman–Crippen LogP) is 1.81. The molecule has 2 aromatic rings. The highest BCUT2D eigenvalue weighted by molar-refractivity contribution is 5.95. The normalized spacial score (nSPS) is 11.5. The molecule has 2 rings (SSSR count). The monoisotopic (exact) mass is 302 g/mol. The third-order valence-electron chi connectivity index (χ3n) is 2.92. The van der Waals surface area contributed by atoms with Gasteiger partial charge in [-0.2, -0.15) is 0 Å². The number of rotatable bonds is 5. The fourth-order valence-electron chi connectivity index (χ4n) is 1.75. The largest absolute Gasteiger partial charge is 0.360 e. The Morgan fingerprint density at radius 1 is 1.27 bits per heavy atom. The van der Waals surface area contributed by atoms with Crippen molar-refractivity contribution in [3.05, 3.63) is 47.7 Å². The number of urea groups is 1. The van der Waals surface area contributed by atoms with Crippen molar-refractivity contribution < 1.29 is 14.1 Å². The van der Waals surface area contributed by atoms with E-state index in [0.29, 0.717) is 18.1 Å². The molecule has 0 aliphatic heterocycles. The van der Waals surface area contributed by atoms with Crippen molar-refractivity contribution in [3.8, 4) is 0 Å². The fourth-order valence-corrected chi connectivity index (χ4v) is 1.75. The highest BCUT2D eigenvalue weighted by Crippen LogP contribution is 2.07. The number of aryl methyl sites for hydroxylation is 1. The van der Waals surface area contributed by atoms with Crippen LogP contribution in [0.4, 0.5) is 10.6 Å². The number of nitrogens with zero attached hydrogens (tertiary/aromatic N) is 1. The van der Waals surface area contributed by atoms with Crippen LogP contribution in [0.15, 0.2) is 40.9 Å². The molecule has 1 heterocycles. The first-order valence-electron chi connectivity index (χ1n) is 6.87. The van der Waals surface area contributed by atoms with Gasteiger partial charge in [-0.25, -0.2) is 4.79 Å². The number of hydrogen-bond acceptors (Lipinski definition) is 4. The van der Waals surface area contributed by atoms with Crippen LogP contribution in [0.2, 0.25) is 0 Å². The number of carbonyl (C=O) groups is 2. The smallest absolute Gasteiger partial charge is 0.315 e. The van der Waals surface area contributed by atoms with Gasteiger partial charge in [-0.3, -0.25) is 4.79 Å². The number of aromatic nitrogens is 1. The quantitative estimate of drug-likeness (QED) is 0.784. The number of hydrogen-bond donors (Lipinski definition) is 3. The molecule has 3 N–H and O–H groups in total. The highest BCUT2D eigenvalue weighted by atomic mass is 16.5. The van der Waals surface area contributed by atoms with Crippen molar-refractivity contribution >= 4 is 17.8 Å². The molecule has 0 aliphatic carbocycles. The van der Waals surface area contributed by atoms with Gasteiger partial charge < -0.3 is 20.5 Å². The Morgan fingerprint density at radius 2 is 2.00 bits per heavy atom. The van der Waals surface area contributed by atoms with Crippen molar-refractivity contribution in [2.45, 2.75) is 26.4 Å². The molecule has 0 bridgehead atoms. The predicted molar refractivity (Wildman–Crippen MR) is 81.1 cm³/mol. The Hall–Kier alpha value is -2.83. The molecule has 0 unspecified atom stereocenters. The van der Waals surface area contributed by atoms with Gasteiger partial charge in [0.15, 0.2) is 5.82 Å². The van der Waals surface area contributed by atoms with Crippen LogP contribution < -0.4 is 16.0 Å². The Bertz CT molecular complexity index is 639. The minimum atomic E-state index is -0.701. The molecule has 0 radical (unpaired) electrons. The van der Waals surface area contributed by atoms with Crippen molar-refractivity contribution in [1.82, 2.24) is 15.8 Å². The molecule has 0 fully saturated rings. The molecule has 3 amide bonds. The molecule has 1 aromatic heterocycles. The van der Waals surface area contributed by atoms with E-state index in [-0.39, 0.29) is 5.91 Å². The fraction of sp³-hybridized carbons (Fsp3) is 0.267. The zero-order valence-corrected chi connectivity index (χ0v) is 12.4. The van der Waals surface area contributed by atoms with Gasteiger partial charge in [0.25, 0.3) is 0 Å². The number of carbonyl (C=O) groups excluding carboxylic acids is 2. The maximum atomic E-state index is 11.9. The summed E-state index contributed by atoms with van der Waals surface area (Å²) in [6, 6.07) is 9.99. The Balaban J connectivity index is 1.76. The summed E-state index contributed by atoms with van der Waals surface area (Å²) in [5.41, 5.74) is 0.979. The molecular formula is C15H18N4O3. The average molecular weight is 302 g/mol. The van der Waals surface area contributed by atoms with Gasteiger partial charge >= 0.3 is 6.03 Å². The topological polar surface area (TPSA) is 96.3 Å². The van der Waals surface area contributed by atoms with Gasteiger partial charge in [-0.05, 0) is 19.4 Å². The highest BCUT2D eigenvalue weighted by Gasteiger charge is 2.16. The first-order valence-corrected chi connectivity index (χ1v) is 6.87. The van der Waals surface area contributed by atoms with E-state index in [2.05, 4.69) is 21.1 Å². The third kappa shape index (κ3) is 4.62. The van der Waals surface area contributed by atoms with E-state index in [1.807, 2.05) is 30.3 Å². The number of benzene rings is 1. The molecule has 22 heavy (non-hydrogen) atoms. The van der Waals surface area contributed by atoms with Gasteiger partial charge in [-0.1, -0.05) is 35.5 Å². The van der Waals surface area contributed by atoms with Gasteiger partial charge in [0, 0.05) is 12.6 Å². The molecule has 1 aromatic carbocycles. The van der Waals surface area contributed by atoms with Gasteiger partial charge in [0.1, 0.15) is 11.8 Å². The number of amides is 3. The van der Waals surface area contributed by atoms with E-state index in [9.17, 15) is 9.59 Å². The first-order chi connectivity index (χ1) is 10.5. The first kappa shape index (κ1) is 15.6. The third-order valence-corrected chi connectivity index (χ3v) is 2.92. The van der Waals surface area contributed by atoms with Gasteiger partial charge in [0.05, 0.1) is 0 Å². The SMILES string of the molecule is Cc1cc(NC(=O)[C@@H](C)NC(=O)NCc2ccccc2)no1. The number of anilines is 1. The summed E-state index contributed by atoms with van der Waals surface area (Å²) >= 11 is 0. The summed E-state index contributed by atoms with van der Waals surface area (Å²) < 4.78 is 4.85. The van der Waals surface area contributed by atoms with Crippen LogP contribution in [-0.4, -0.2) is 23.1 Å². The number of nitrogens with one attached hydrogen (secondary N) is 3. The lowest BCUT2D eigenvalue weighted by atomic mass is 10.2. The Morgan fingerprint density at radius 3 is 2.64 bits per heavy atom. The van der Waals surface area contributed by atoms with E-state index in [1.165, 1.54) is 0 Å². The van der Waals surface area contributed by atoms with Crippen LogP contribution in [0, 0.1) is 6.92 Å². The molecule has 0 saturated carbocycles. The molecule has 7 nitrogen and oxygen atoms in total. The van der Waals surface area contributed by atoms with Crippen LogP contribution in [0.1, 0.15) is 18.2 Å². The summed E-state index contributed by atoms with van der Waals surface area (Å²) in [7, 11) is 0. The maximum absolute atomic E-state index is 11.9. The maximum Gasteiger partial charge on any atom is 0.315 e. The Kier molecular flexibility index (Phi) is 5.13. The second kappa shape index (κ2) is 7.26. The van der Waals surface area contributed by atoms with E-state index in [1.54, 1.807) is 19.9 Å². The van der Waals surface area contributed by atoms with E-state index in [4.69, 9.17) is 4.52 Å². The lowest BCUT2D eigenvalue weighted by Crippen LogP contribution is -2.46. The van der Waals surface area contributed by atoms with Crippen molar-refractivity contribution in [2.24, 2.45) is 0 Å². The van der Waals surface area contributed by atoms with Crippen LogP contribution in [-0.2, 0) is 11.3 Å². The van der Waals surface area contributed by atoms with Gasteiger partial charge in [0.2, 0.25) is 5.91 Å². The van der Waals surface area contributed by atoms with Crippen molar-refractivity contribution in [1.29, 1.82) is 0 Å². The molecule has 7 heteroatoms.